The predicted molar refractivity (Wildman–Crippen MR) is 109 cm³/mol. The molecule has 3 N–H and O–H groups in total. The lowest BCUT2D eigenvalue weighted by atomic mass is 9.91. The molecule has 1 aliphatic carbocycles. The van der Waals surface area contributed by atoms with E-state index in [9.17, 15) is 4.79 Å². The largest absolute Gasteiger partial charge is 0.361 e. The molecule has 0 saturated carbocycles. The number of carbonyl (C=O) groups is 1. The Bertz CT molecular complexity index is 1160. The summed E-state index contributed by atoms with van der Waals surface area (Å²) in [5.74, 6) is 0.0438. The zero-order valence-electron chi connectivity index (χ0n) is 14.8. The maximum atomic E-state index is 12.7. The number of carbonyl (C=O) groups excluding carboxylic acids is 1. The van der Waals surface area contributed by atoms with Crippen LogP contribution in [0.1, 0.15) is 35.7 Å². The van der Waals surface area contributed by atoms with Crippen LogP contribution in [0.4, 0.5) is 0 Å². The lowest BCUT2D eigenvalue weighted by molar-refractivity contribution is -0.121. The molecule has 0 radical (unpaired) electrons. The Kier molecular flexibility index (Phi) is 3.94. The minimum absolute atomic E-state index is 0.00919. The first-order valence-corrected chi connectivity index (χ1v) is 9.72. The summed E-state index contributed by atoms with van der Waals surface area (Å²) in [5, 5.41) is 6.24. The van der Waals surface area contributed by atoms with Gasteiger partial charge in [0.15, 0.2) is 0 Å². The molecule has 2 heterocycles. The summed E-state index contributed by atoms with van der Waals surface area (Å²) in [5.41, 5.74) is 5.46. The van der Waals surface area contributed by atoms with Crippen LogP contribution in [-0.4, -0.2) is 15.9 Å². The highest BCUT2D eigenvalue weighted by Gasteiger charge is 2.26. The fourth-order valence-electron chi connectivity index (χ4n) is 4.29. The van der Waals surface area contributed by atoms with E-state index in [0.29, 0.717) is 6.42 Å². The molecule has 2 aromatic carbocycles. The summed E-state index contributed by atoms with van der Waals surface area (Å²) in [6.45, 7) is 0. The number of aromatic nitrogens is 2. The molecule has 1 atom stereocenters. The molecule has 1 aliphatic rings. The van der Waals surface area contributed by atoms with Gasteiger partial charge < -0.3 is 15.3 Å². The number of amides is 1. The normalized spacial score (nSPS) is 16.6. The van der Waals surface area contributed by atoms with E-state index in [1.165, 1.54) is 10.9 Å². The third kappa shape index (κ3) is 2.81. The number of benzene rings is 2. The second-order valence-electron chi connectivity index (χ2n) is 7.23. The first-order chi connectivity index (χ1) is 13.2. The Balaban J connectivity index is 1.41. The molecular weight excluding hydrogens is 358 g/mol. The van der Waals surface area contributed by atoms with Crippen molar-refractivity contribution >= 4 is 39.3 Å². The first kappa shape index (κ1) is 16.5. The Hall–Kier alpha value is -2.72. The Morgan fingerprint density at radius 2 is 2.00 bits per heavy atom. The molecule has 2 aromatic heterocycles. The van der Waals surface area contributed by atoms with Gasteiger partial charge in [0.05, 0.1) is 23.0 Å². The molecule has 136 valence electrons. The third-order valence-electron chi connectivity index (χ3n) is 5.55. The third-order valence-corrected chi connectivity index (χ3v) is 5.87. The van der Waals surface area contributed by atoms with Crippen LogP contribution in [0.2, 0.25) is 5.02 Å². The van der Waals surface area contributed by atoms with Crippen molar-refractivity contribution in [3.05, 3.63) is 70.5 Å². The molecule has 0 unspecified atom stereocenters. The lowest BCUT2D eigenvalue weighted by Gasteiger charge is -2.23. The van der Waals surface area contributed by atoms with E-state index in [4.69, 9.17) is 11.6 Å². The summed E-state index contributed by atoms with van der Waals surface area (Å²) >= 11 is 6.36. The SMILES string of the molecule is O=C(Cc1c[nH]c2ccccc12)N[C@@H]1CCCc2c1[nH]c1c(Cl)cccc21. The lowest BCUT2D eigenvalue weighted by Crippen LogP contribution is -2.32. The number of halogens is 1. The average molecular weight is 378 g/mol. The monoisotopic (exact) mass is 377 g/mol. The molecule has 0 fully saturated rings. The van der Waals surface area contributed by atoms with Crippen molar-refractivity contribution in [3.8, 4) is 0 Å². The molecule has 0 spiro atoms. The molecule has 0 bridgehead atoms. The van der Waals surface area contributed by atoms with E-state index in [0.717, 1.165) is 52.0 Å². The number of H-pyrrole nitrogens is 2. The van der Waals surface area contributed by atoms with Gasteiger partial charge in [-0.2, -0.15) is 0 Å². The fourth-order valence-corrected chi connectivity index (χ4v) is 4.51. The summed E-state index contributed by atoms with van der Waals surface area (Å²) in [4.78, 5) is 19.5. The fraction of sp³-hybridized carbons (Fsp3) is 0.227. The number of aryl methyl sites for hydroxylation is 1. The van der Waals surface area contributed by atoms with Crippen molar-refractivity contribution in [2.45, 2.75) is 31.7 Å². The Labute approximate surface area is 161 Å². The van der Waals surface area contributed by atoms with E-state index >= 15 is 0 Å². The van der Waals surface area contributed by atoms with E-state index in [1.807, 2.05) is 42.6 Å². The van der Waals surface area contributed by atoms with Gasteiger partial charge in [-0.25, -0.2) is 0 Å². The molecule has 27 heavy (non-hydrogen) atoms. The Morgan fingerprint density at radius 1 is 1.15 bits per heavy atom. The van der Waals surface area contributed by atoms with Crippen molar-refractivity contribution in [1.29, 1.82) is 0 Å². The number of rotatable bonds is 3. The standard InChI is InChI=1S/C22H20ClN3O/c23-17-8-3-6-15-16-7-4-10-19(22(16)26-21(15)17)25-20(27)11-13-12-24-18-9-2-1-5-14(13)18/h1-3,5-6,8-9,12,19,24,26H,4,7,10-11H2,(H,25,27)/t19-/m1/s1. The number of para-hydroxylation sites is 2. The van der Waals surface area contributed by atoms with Crippen molar-refractivity contribution in [2.24, 2.45) is 0 Å². The predicted octanol–water partition coefficient (Wildman–Crippen LogP) is 5.04. The van der Waals surface area contributed by atoms with Crippen LogP contribution >= 0.6 is 11.6 Å². The van der Waals surface area contributed by atoms with Gasteiger partial charge in [0.2, 0.25) is 5.91 Å². The van der Waals surface area contributed by atoms with Gasteiger partial charge >= 0.3 is 0 Å². The summed E-state index contributed by atoms with van der Waals surface area (Å²) in [7, 11) is 0. The number of aromatic amines is 2. The molecule has 0 saturated heterocycles. The van der Waals surface area contributed by atoms with Gasteiger partial charge in [0.1, 0.15) is 0 Å². The van der Waals surface area contributed by atoms with Crippen LogP contribution in [0.3, 0.4) is 0 Å². The van der Waals surface area contributed by atoms with Crippen molar-refractivity contribution in [1.82, 2.24) is 15.3 Å². The summed E-state index contributed by atoms with van der Waals surface area (Å²) in [6, 6.07) is 14.1. The van der Waals surface area contributed by atoms with Crippen molar-refractivity contribution in [2.75, 3.05) is 0 Å². The molecule has 4 aromatic rings. The van der Waals surface area contributed by atoms with E-state index < -0.39 is 0 Å². The highest BCUT2D eigenvalue weighted by Crippen LogP contribution is 2.37. The van der Waals surface area contributed by atoms with Crippen LogP contribution in [0.5, 0.6) is 0 Å². The number of hydrogen-bond donors (Lipinski definition) is 3. The summed E-state index contributed by atoms with van der Waals surface area (Å²) < 4.78 is 0. The van der Waals surface area contributed by atoms with Crippen LogP contribution in [0, 0.1) is 0 Å². The quantitative estimate of drug-likeness (QED) is 0.460. The average Bonchev–Trinajstić information content (AvgIpc) is 3.25. The minimum atomic E-state index is 0.00919. The van der Waals surface area contributed by atoms with Crippen LogP contribution in [-0.2, 0) is 17.6 Å². The van der Waals surface area contributed by atoms with Crippen molar-refractivity contribution in [3.63, 3.8) is 0 Å². The molecule has 1 amide bonds. The van der Waals surface area contributed by atoms with Crippen LogP contribution < -0.4 is 5.32 Å². The van der Waals surface area contributed by atoms with Gasteiger partial charge in [0.25, 0.3) is 0 Å². The van der Waals surface area contributed by atoms with Gasteiger partial charge in [-0.15, -0.1) is 0 Å². The zero-order valence-corrected chi connectivity index (χ0v) is 15.6. The number of hydrogen-bond acceptors (Lipinski definition) is 1. The number of fused-ring (bicyclic) bond motifs is 4. The Morgan fingerprint density at radius 3 is 2.93 bits per heavy atom. The maximum absolute atomic E-state index is 12.7. The molecule has 0 aliphatic heterocycles. The minimum Gasteiger partial charge on any atom is -0.361 e. The van der Waals surface area contributed by atoms with Gasteiger partial charge in [-0.3, -0.25) is 4.79 Å². The highest BCUT2D eigenvalue weighted by molar-refractivity contribution is 6.35. The van der Waals surface area contributed by atoms with Crippen molar-refractivity contribution < 1.29 is 4.79 Å². The van der Waals surface area contributed by atoms with Crippen LogP contribution in [0.25, 0.3) is 21.8 Å². The van der Waals surface area contributed by atoms with Gasteiger partial charge in [-0.05, 0) is 42.5 Å². The molecule has 5 rings (SSSR count). The van der Waals surface area contributed by atoms with Gasteiger partial charge in [0, 0.05) is 28.2 Å². The van der Waals surface area contributed by atoms with E-state index in [1.54, 1.807) is 0 Å². The smallest absolute Gasteiger partial charge is 0.225 e. The van der Waals surface area contributed by atoms with E-state index in [-0.39, 0.29) is 11.9 Å². The number of nitrogens with one attached hydrogen (secondary N) is 3. The molecule has 4 nitrogen and oxygen atoms in total. The van der Waals surface area contributed by atoms with E-state index in [2.05, 4.69) is 21.4 Å². The second-order valence-corrected chi connectivity index (χ2v) is 7.64. The van der Waals surface area contributed by atoms with Gasteiger partial charge in [-0.1, -0.05) is 41.9 Å². The molecule has 5 heteroatoms. The molecular formula is C22H20ClN3O. The zero-order chi connectivity index (χ0) is 18.4. The first-order valence-electron chi connectivity index (χ1n) is 9.34. The second kappa shape index (κ2) is 6.46. The maximum Gasteiger partial charge on any atom is 0.225 e. The summed E-state index contributed by atoms with van der Waals surface area (Å²) in [6.07, 6.45) is 5.32. The van der Waals surface area contributed by atoms with Crippen LogP contribution in [0.15, 0.2) is 48.7 Å². The highest BCUT2D eigenvalue weighted by atomic mass is 35.5. The topological polar surface area (TPSA) is 60.7 Å².